The van der Waals surface area contributed by atoms with Crippen LogP contribution >= 0.6 is 0 Å². The number of aliphatic hydroxyl groups is 1. The van der Waals surface area contributed by atoms with Crippen LogP contribution in [0.1, 0.15) is 48.0 Å². The van der Waals surface area contributed by atoms with Crippen LogP contribution in [0.4, 0.5) is 0 Å². The normalized spacial score (nSPS) is 26.2. The fourth-order valence-electron chi connectivity index (χ4n) is 3.15. The Bertz CT molecular complexity index is 576. The van der Waals surface area contributed by atoms with Gasteiger partial charge in [-0.05, 0) is 42.6 Å². The van der Waals surface area contributed by atoms with E-state index in [-0.39, 0.29) is 18.1 Å². The highest BCUT2D eigenvalue weighted by Gasteiger charge is 2.49. The SMILES string of the molecule is CC1=C(C(C)C)C(=O)CC(C)(C)C1(O)/C=C/C(C)=C\C(=O)O. The van der Waals surface area contributed by atoms with Crippen LogP contribution in [0, 0.1) is 11.3 Å². The smallest absolute Gasteiger partial charge is 0.328 e. The van der Waals surface area contributed by atoms with Gasteiger partial charge in [0.1, 0.15) is 5.60 Å². The molecule has 0 aromatic carbocycles. The Labute approximate surface area is 132 Å². The molecule has 0 bridgehead atoms. The average molecular weight is 306 g/mol. The summed E-state index contributed by atoms with van der Waals surface area (Å²) in [5.74, 6) is -0.907. The Hall–Kier alpha value is -1.68. The van der Waals surface area contributed by atoms with E-state index in [1.165, 1.54) is 0 Å². The highest BCUT2D eigenvalue weighted by Crippen LogP contribution is 2.47. The average Bonchev–Trinajstić information content (AvgIpc) is 2.32. The first kappa shape index (κ1) is 18.4. The molecule has 22 heavy (non-hydrogen) atoms. The molecule has 1 rings (SSSR count). The van der Waals surface area contributed by atoms with Crippen molar-refractivity contribution in [1.82, 2.24) is 0 Å². The molecule has 0 spiro atoms. The molecule has 0 aromatic heterocycles. The zero-order valence-corrected chi connectivity index (χ0v) is 14.2. The van der Waals surface area contributed by atoms with Gasteiger partial charge in [0.05, 0.1) is 0 Å². The number of allylic oxidation sites excluding steroid dienone is 3. The highest BCUT2D eigenvalue weighted by atomic mass is 16.4. The van der Waals surface area contributed by atoms with E-state index in [4.69, 9.17) is 5.11 Å². The minimum Gasteiger partial charge on any atom is -0.478 e. The summed E-state index contributed by atoms with van der Waals surface area (Å²) in [6, 6.07) is 0. The van der Waals surface area contributed by atoms with Crippen molar-refractivity contribution in [3.05, 3.63) is 34.9 Å². The molecular formula is C18H26O4. The number of hydrogen-bond donors (Lipinski definition) is 2. The number of ketones is 1. The van der Waals surface area contributed by atoms with Crippen LogP contribution in [-0.4, -0.2) is 27.6 Å². The summed E-state index contributed by atoms with van der Waals surface area (Å²) in [5, 5.41) is 20.0. The number of hydrogen-bond acceptors (Lipinski definition) is 3. The molecule has 0 fully saturated rings. The molecule has 122 valence electrons. The molecule has 0 saturated carbocycles. The molecule has 1 unspecified atom stereocenters. The van der Waals surface area contributed by atoms with Gasteiger partial charge in [-0.2, -0.15) is 0 Å². The lowest BCUT2D eigenvalue weighted by Crippen LogP contribution is -2.50. The van der Waals surface area contributed by atoms with Crippen molar-refractivity contribution in [3.8, 4) is 0 Å². The fraction of sp³-hybridized carbons (Fsp3) is 0.556. The molecular weight excluding hydrogens is 280 g/mol. The van der Waals surface area contributed by atoms with E-state index in [9.17, 15) is 14.7 Å². The number of carboxylic acid groups (broad SMARTS) is 1. The lowest BCUT2D eigenvalue weighted by molar-refractivity contribution is -0.131. The van der Waals surface area contributed by atoms with Crippen molar-refractivity contribution in [2.75, 3.05) is 0 Å². The number of carbonyl (C=O) groups excluding carboxylic acids is 1. The van der Waals surface area contributed by atoms with Gasteiger partial charge in [-0.25, -0.2) is 4.79 Å². The maximum Gasteiger partial charge on any atom is 0.328 e. The van der Waals surface area contributed by atoms with E-state index in [0.717, 1.165) is 6.08 Å². The van der Waals surface area contributed by atoms with Crippen molar-refractivity contribution < 1.29 is 19.8 Å². The van der Waals surface area contributed by atoms with Crippen LogP contribution in [0.5, 0.6) is 0 Å². The van der Waals surface area contributed by atoms with E-state index in [0.29, 0.717) is 16.7 Å². The number of carboxylic acids is 1. The second kappa shape index (κ2) is 6.21. The third-order valence-corrected chi connectivity index (χ3v) is 4.43. The maximum absolute atomic E-state index is 12.4. The molecule has 1 aliphatic carbocycles. The molecule has 0 aromatic rings. The topological polar surface area (TPSA) is 74.6 Å². The Morgan fingerprint density at radius 2 is 1.86 bits per heavy atom. The van der Waals surface area contributed by atoms with Crippen molar-refractivity contribution in [3.63, 3.8) is 0 Å². The molecule has 4 heteroatoms. The second-order valence-corrected chi connectivity index (χ2v) is 7.00. The zero-order valence-electron chi connectivity index (χ0n) is 14.2. The van der Waals surface area contributed by atoms with E-state index in [1.54, 1.807) is 26.0 Å². The number of carbonyl (C=O) groups is 2. The van der Waals surface area contributed by atoms with Crippen LogP contribution in [-0.2, 0) is 9.59 Å². The van der Waals surface area contributed by atoms with Gasteiger partial charge in [0.15, 0.2) is 5.78 Å². The van der Waals surface area contributed by atoms with E-state index < -0.39 is 17.0 Å². The predicted octanol–water partition coefficient (Wildman–Crippen LogP) is 3.28. The Morgan fingerprint density at radius 3 is 2.32 bits per heavy atom. The summed E-state index contributed by atoms with van der Waals surface area (Å²) in [6.45, 7) is 11.0. The van der Waals surface area contributed by atoms with E-state index in [2.05, 4.69) is 0 Å². The van der Waals surface area contributed by atoms with Crippen LogP contribution in [0.2, 0.25) is 0 Å². The molecule has 0 saturated heterocycles. The Balaban J connectivity index is 3.41. The zero-order chi connectivity index (χ0) is 17.3. The van der Waals surface area contributed by atoms with E-state index >= 15 is 0 Å². The summed E-state index contributed by atoms with van der Waals surface area (Å²) in [7, 11) is 0. The maximum atomic E-state index is 12.4. The molecule has 1 atom stereocenters. The second-order valence-electron chi connectivity index (χ2n) is 7.00. The summed E-state index contributed by atoms with van der Waals surface area (Å²) >= 11 is 0. The van der Waals surface area contributed by atoms with Gasteiger partial charge in [0.25, 0.3) is 0 Å². The summed E-state index contributed by atoms with van der Waals surface area (Å²) < 4.78 is 0. The molecule has 1 aliphatic rings. The standard InChI is InChI=1S/C18H26O4/c1-11(2)16-13(4)18(22,17(5,6)10-14(16)19)8-7-12(3)9-15(20)21/h7-9,11,22H,10H2,1-6H3,(H,20,21)/b8-7+,12-9-. The molecule has 2 N–H and O–H groups in total. The van der Waals surface area contributed by atoms with Crippen LogP contribution in [0.25, 0.3) is 0 Å². The van der Waals surface area contributed by atoms with Gasteiger partial charge in [0, 0.05) is 17.9 Å². The Morgan fingerprint density at radius 1 is 1.32 bits per heavy atom. The monoisotopic (exact) mass is 306 g/mol. The molecule has 0 aliphatic heterocycles. The first-order valence-electron chi connectivity index (χ1n) is 7.49. The largest absolute Gasteiger partial charge is 0.478 e. The molecule has 0 heterocycles. The number of aliphatic carboxylic acids is 1. The molecule has 4 nitrogen and oxygen atoms in total. The lowest BCUT2D eigenvalue weighted by atomic mass is 9.61. The minimum absolute atomic E-state index is 0.0409. The van der Waals surface area contributed by atoms with Crippen molar-refractivity contribution in [2.24, 2.45) is 11.3 Å². The summed E-state index contributed by atoms with van der Waals surface area (Å²) in [6.07, 6.45) is 4.57. The Kier molecular flexibility index (Phi) is 5.18. The highest BCUT2D eigenvalue weighted by molar-refractivity contribution is 5.98. The predicted molar refractivity (Wildman–Crippen MR) is 86.4 cm³/mol. The van der Waals surface area contributed by atoms with E-state index in [1.807, 2.05) is 27.7 Å². The van der Waals surface area contributed by atoms with Crippen molar-refractivity contribution in [1.29, 1.82) is 0 Å². The fourth-order valence-corrected chi connectivity index (χ4v) is 3.15. The van der Waals surface area contributed by atoms with Crippen LogP contribution in [0.15, 0.2) is 34.9 Å². The van der Waals surface area contributed by atoms with Gasteiger partial charge in [0.2, 0.25) is 0 Å². The van der Waals surface area contributed by atoms with Crippen molar-refractivity contribution in [2.45, 2.75) is 53.6 Å². The van der Waals surface area contributed by atoms with Gasteiger partial charge in [-0.15, -0.1) is 0 Å². The number of rotatable bonds is 4. The lowest BCUT2D eigenvalue weighted by Gasteiger charge is -2.46. The first-order chi connectivity index (χ1) is 9.92. The third-order valence-electron chi connectivity index (χ3n) is 4.43. The van der Waals surface area contributed by atoms with Gasteiger partial charge in [-0.1, -0.05) is 33.8 Å². The van der Waals surface area contributed by atoms with Gasteiger partial charge < -0.3 is 10.2 Å². The summed E-state index contributed by atoms with van der Waals surface area (Å²) in [5.41, 5.74) is -0.0530. The summed E-state index contributed by atoms with van der Waals surface area (Å²) in [4.78, 5) is 23.0. The van der Waals surface area contributed by atoms with Gasteiger partial charge >= 0.3 is 5.97 Å². The third kappa shape index (κ3) is 3.38. The minimum atomic E-state index is -1.27. The van der Waals surface area contributed by atoms with Crippen LogP contribution in [0.3, 0.4) is 0 Å². The van der Waals surface area contributed by atoms with Crippen molar-refractivity contribution >= 4 is 11.8 Å². The molecule has 0 radical (unpaired) electrons. The number of Topliss-reactive ketones (excluding diaryl/α,β-unsaturated/α-hetero) is 1. The molecule has 0 amide bonds. The quantitative estimate of drug-likeness (QED) is 0.617. The first-order valence-corrected chi connectivity index (χ1v) is 7.49. The van der Waals surface area contributed by atoms with Crippen LogP contribution < -0.4 is 0 Å². The van der Waals surface area contributed by atoms with Gasteiger partial charge in [-0.3, -0.25) is 4.79 Å².